The molecule has 3 amide bonds. The lowest BCUT2D eigenvalue weighted by atomic mass is 10.0. The van der Waals surface area contributed by atoms with Crippen molar-refractivity contribution >= 4 is 23.7 Å². The van der Waals surface area contributed by atoms with E-state index >= 15 is 0 Å². The van der Waals surface area contributed by atoms with Crippen molar-refractivity contribution in [1.82, 2.24) is 10.6 Å². The van der Waals surface area contributed by atoms with Crippen LogP contribution in [0.4, 0.5) is 8.78 Å². The van der Waals surface area contributed by atoms with Gasteiger partial charge in [-0.15, -0.1) is 0 Å². The predicted octanol–water partition coefficient (Wildman–Crippen LogP) is -0.136. The first-order valence-electron chi connectivity index (χ1n) is 7.60. The van der Waals surface area contributed by atoms with Crippen LogP contribution in [-0.4, -0.2) is 42.9 Å². The number of amides is 3. The van der Waals surface area contributed by atoms with Gasteiger partial charge in [0.25, 0.3) is 11.8 Å². The van der Waals surface area contributed by atoms with Crippen molar-refractivity contribution in [3.05, 3.63) is 35.4 Å². The van der Waals surface area contributed by atoms with Crippen LogP contribution in [0.1, 0.15) is 24.2 Å². The second-order valence-electron chi connectivity index (χ2n) is 5.64. The van der Waals surface area contributed by atoms with Gasteiger partial charge in [0.15, 0.2) is 6.61 Å². The van der Waals surface area contributed by atoms with Gasteiger partial charge in [0.1, 0.15) is 23.2 Å². The number of nitrogens with two attached hydrogens (primary N) is 1. The van der Waals surface area contributed by atoms with Crippen LogP contribution in [0.25, 0.3) is 0 Å². The molecule has 26 heavy (non-hydrogen) atoms. The Labute approximate surface area is 148 Å². The molecular weight excluding hydrogens is 352 g/mol. The molecular formula is C16H19F2N3O5. The number of primary amides is 1. The molecule has 1 aromatic rings. The fourth-order valence-corrected chi connectivity index (χ4v) is 1.89. The molecule has 0 aliphatic heterocycles. The maximum Gasteiger partial charge on any atom is 0.329 e. The molecule has 0 radical (unpaired) electrons. The number of rotatable bonds is 8. The molecule has 0 aliphatic carbocycles. The lowest BCUT2D eigenvalue weighted by Gasteiger charge is -2.21. The predicted molar refractivity (Wildman–Crippen MR) is 85.6 cm³/mol. The summed E-state index contributed by atoms with van der Waals surface area (Å²) in [5.74, 6) is -6.30. The van der Waals surface area contributed by atoms with Crippen molar-refractivity contribution in [1.29, 1.82) is 0 Å². The lowest BCUT2D eigenvalue weighted by molar-refractivity contribution is -0.151. The number of esters is 1. The molecule has 4 N–H and O–H groups in total. The van der Waals surface area contributed by atoms with E-state index in [1.165, 1.54) is 0 Å². The molecule has 0 unspecified atom stereocenters. The average Bonchev–Trinajstić information content (AvgIpc) is 2.55. The summed E-state index contributed by atoms with van der Waals surface area (Å²) in [5.41, 5.74) is 4.02. The largest absolute Gasteiger partial charge is 0.454 e. The molecule has 0 heterocycles. The number of ether oxygens (including phenoxy) is 1. The van der Waals surface area contributed by atoms with Crippen LogP contribution in [0.2, 0.25) is 0 Å². The summed E-state index contributed by atoms with van der Waals surface area (Å²) in [7, 11) is 0. The van der Waals surface area contributed by atoms with E-state index in [1.54, 1.807) is 13.8 Å². The summed E-state index contributed by atoms with van der Waals surface area (Å²) in [5, 5.41) is 4.30. The minimum atomic E-state index is -1.24. The van der Waals surface area contributed by atoms with Crippen LogP contribution in [0.5, 0.6) is 0 Å². The van der Waals surface area contributed by atoms with Crippen LogP contribution in [0.3, 0.4) is 0 Å². The van der Waals surface area contributed by atoms with Crippen molar-refractivity contribution in [2.24, 2.45) is 11.7 Å². The maximum absolute atomic E-state index is 13.6. The third-order valence-corrected chi connectivity index (χ3v) is 3.20. The molecule has 1 atom stereocenters. The van der Waals surface area contributed by atoms with Gasteiger partial charge in [0.2, 0.25) is 5.91 Å². The van der Waals surface area contributed by atoms with Gasteiger partial charge >= 0.3 is 5.97 Å². The van der Waals surface area contributed by atoms with E-state index in [0.29, 0.717) is 0 Å². The normalized spacial score (nSPS) is 11.6. The summed E-state index contributed by atoms with van der Waals surface area (Å²) >= 11 is 0. The molecule has 0 aliphatic rings. The van der Waals surface area contributed by atoms with Crippen LogP contribution >= 0.6 is 0 Å². The number of benzene rings is 1. The molecule has 0 aromatic heterocycles. The minimum Gasteiger partial charge on any atom is -0.454 e. The molecule has 10 heteroatoms. The Morgan fingerprint density at radius 2 is 1.73 bits per heavy atom. The third kappa shape index (κ3) is 6.11. The number of carbonyl (C=O) groups excluding carboxylic acids is 4. The summed E-state index contributed by atoms with van der Waals surface area (Å²) in [6.07, 6.45) is 0. The van der Waals surface area contributed by atoms with Crippen LogP contribution in [0, 0.1) is 17.6 Å². The SMILES string of the molecule is CC(C)[C@H](NC(=O)c1c(F)cccc1F)C(=O)OCC(=O)NCC(N)=O. The highest BCUT2D eigenvalue weighted by molar-refractivity contribution is 5.97. The van der Waals surface area contributed by atoms with Crippen molar-refractivity contribution < 1.29 is 32.7 Å². The van der Waals surface area contributed by atoms with E-state index in [-0.39, 0.29) is 0 Å². The summed E-state index contributed by atoms with van der Waals surface area (Å²) in [6.45, 7) is 2.00. The maximum atomic E-state index is 13.6. The number of halogens is 2. The first-order chi connectivity index (χ1) is 12.1. The number of hydrogen-bond donors (Lipinski definition) is 3. The van der Waals surface area contributed by atoms with Gasteiger partial charge in [-0.25, -0.2) is 13.6 Å². The summed E-state index contributed by atoms with van der Waals surface area (Å²) in [6, 6.07) is 1.67. The number of nitrogens with one attached hydrogen (secondary N) is 2. The Morgan fingerprint density at radius 1 is 1.15 bits per heavy atom. The lowest BCUT2D eigenvalue weighted by Crippen LogP contribution is -2.46. The quantitative estimate of drug-likeness (QED) is 0.548. The fraction of sp³-hybridized carbons (Fsp3) is 0.375. The van der Waals surface area contributed by atoms with Gasteiger partial charge < -0.3 is 21.1 Å². The second-order valence-corrected chi connectivity index (χ2v) is 5.64. The summed E-state index contributed by atoms with van der Waals surface area (Å²) < 4.78 is 32.1. The van der Waals surface area contributed by atoms with E-state index < -0.39 is 66.0 Å². The zero-order chi connectivity index (χ0) is 19.9. The van der Waals surface area contributed by atoms with Crippen LogP contribution < -0.4 is 16.4 Å². The monoisotopic (exact) mass is 371 g/mol. The second kappa shape index (κ2) is 9.44. The highest BCUT2D eigenvalue weighted by Crippen LogP contribution is 2.13. The van der Waals surface area contributed by atoms with Gasteiger partial charge in [-0.1, -0.05) is 19.9 Å². The van der Waals surface area contributed by atoms with Gasteiger partial charge in [-0.05, 0) is 18.1 Å². The highest BCUT2D eigenvalue weighted by atomic mass is 19.1. The first-order valence-corrected chi connectivity index (χ1v) is 7.60. The fourth-order valence-electron chi connectivity index (χ4n) is 1.89. The Balaban J connectivity index is 2.73. The Hall–Kier alpha value is -3.04. The van der Waals surface area contributed by atoms with Crippen LogP contribution in [-0.2, 0) is 19.1 Å². The molecule has 1 aromatic carbocycles. The molecule has 0 spiro atoms. The van der Waals surface area contributed by atoms with E-state index in [9.17, 15) is 28.0 Å². The molecule has 142 valence electrons. The Kier molecular flexibility index (Phi) is 7.63. The minimum absolute atomic E-state index is 0.423. The summed E-state index contributed by atoms with van der Waals surface area (Å²) in [4.78, 5) is 46.1. The van der Waals surface area contributed by atoms with Gasteiger partial charge in [-0.3, -0.25) is 14.4 Å². The Bertz CT molecular complexity index is 689. The number of carbonyl (C=O) groups is 4. The highest BCUT2D eigenvalue weighted by Gasteiger charge is 2.28. The molecule has 0 bridgehead atoms. The molecule has 0 saturated heterocycles. The van der Waals surface area contributed by atoms with Crippen LogP contribution in [0.15, 0.2) is 18.2 Å². The first kappa shape index (κ1) is 21.0. The topological polar surface area (TPSA) is 128 Å². The average molecular weight is 371 g/mol. The zero-order valence-corrected chi connectivity index (χ0v) is 14.2. The Morgan fingerprint density at radius 3 is 2.23 bits per heavy atom. The number of hydrogen-bond acceptors (Lipinski definition) is 5. The van der Waals surface area contributed by atoms with Crippen molar-refractivity contribution in [2.75, 3.05) is 13.2 Å². The van der Waals surface area contributed by atoms with Gasteiger partial charge in [-0.2, -0.15) is 0 Å². The van der Waals surface area contributed by atoms with E-state index in [4.69, 9.17) is 10.5 Å². The zero-order valence-electron chi connectivity index (χ0n) is 14.2. The molecule has 0 fully saturated rings. The van der Waals surface area contributed by atoms with Gasteiger partial charge in [0.05, 0.1) is 6.54 Å². The van der Waals surface area contributed by atoms with Gasteiger partial charge in [0, 0.05) is 0 Å². The van der Waals surface area contributed by atoms with E-state index in [2.05, 4.69) is 10.6 Å². The standard InChI is InChI=1S/C16H19F2N3O5/c1-8(2)14(16(25)26-7-12(23)20-6-11(19)22)21-15(24)13-9(17)4-3-5-10(13)18/h3-5,8,14H,6-7H2,1-2H3,(H2,19,22)(H,20,23)(H,21,24)/t14-/m0/s1. The third-order valence-electron chi connectivity index (χ3n) is 3.20. The van der Waals surface area contributed by atoms with Crippen molar-refractivity contribution in [3.8, 4) is 0 Å². The molecule has 0 saturated carbocycles. The molecule has 1 rings (SSSR count). The smallest absolute Gasteiger partial charge is 0.329 e. The van der Waals surface area contributed by atoms with E-state index in [0.717, 1.165) is 18.2 Å². The van der Waals surface area contributed by atoms with Crippen molar-refractivity contribution in [3.63, 3.8) is 0 Å². The van der Waals surface area contributed by atoms with E-state index in [1.807, 2.05) is 0 Å². The molecule has 8 nitrogen and oxygen atoms in total. The van der Waals surface area contributed by atoms with Crippen molar-refractivity contribution in [2.45, 2.75) is 19.9 Å².